The largest absolute Gasteiger partial charge is 0.574 e. The lowest BCUT2D eigenvalue weighted by molar-refractivity contribution is -0.276. The van der Waals surface area contributed by atoms with Gasteiger partial charge < -0.3 is 10.5 Å². The molecule has 0 unspecified atom stereocenters. The van der Waals surface area contributed by atoms with Crippen LogP contribution >= 0.6 is 22.6 Å². The topological polar surface area (TPSA) is 71.9 Å². The number of hydrogen-bond acceptors (Lipinski definition) is 4. The van der Waals surface area contributed by atoms with Crippen LogP contribution in [-0.4, -0.2) is 11.3 Å². The number of halogens is 4. The van der Waals surface area contributed by atoms with Gasteiger partial charge in [-0.3, -0.25) is 0 Å². The van der Waals surface area contributed by atoms with E-state index in [0.717, 1.165) is 0 Å². The Kier molecular flexibility index (Phi) is 4.53. The highest BCUT2D eigenvalue weighted by Crippen LogP contribution is 2.29. The summed E-state index contributed by atoms with van der Waals surface area (Å²) in [5.74, 6) is -0.611. The molecular weight excluding hydrogens is 350 g/mol. The first kappa shape index (κ1) is 14.0. The van der Waals surface area contributed by atoms with Crippen molar-refractivity contribution in [1.29, 1.82) is 5.26 Å². The quantitative estimate of drug-likeness (QED) is 0.842. The lowest BCUT2D eigenvalue weighted by atomic mass is 10.1. The second-order valence-electron chi connectivity index (χ2n) is 2.96. The zero-order valence-electron chi connectivity index (χ0n) is 8.38. The summed E-state index contributed by atoms with van der Waals surface area (Å²) in [6.45, 7) is 0.0199. The van der Waals surface area contributed by atoms with Gasteiger partial charge >= 0.3 is 6.36 Å². The molecule has 0 aliphatic heterocycles. The van der Waals surface area contributed by atoms with Gasteiger partial charge in [0.25, 0.3) is 0 Å². The summed E-state index contributed by atoms with van der Waals surface area (Å²) in [6.07, 6.45) is -3.84. The Morgan fingerprint density at radius 3 is 2.59 bits per heavy atom. The Labute approximate surface area is 109 Å². The van der Waals surface area contributed by atoms with Gasteiger partial charge in [-0.1, -0.05) is 0 Å². The molecule has 0 aliphatic rings. The molecule has 0 spiro atoms. The summed E-state index contributed by atoms with van der Waals surface area (Å²) in [5.41, 5.74) is 5.96. The first-order valence-corrected chi connectivity index (χ1v) is 5.46. The summed E-state index contributed by atoms with van der Waals surface area (Å²) in [5, 5.41) is 8.60. The second kappa shape index (κ2) is 5.50. The molecule has 0 bridgehead atoms. The predicted octanol–water partition coefficient (Wildman–Crippen LogP) is 2.11. The molecule has 1 aromatic heterocycles. The van der Waals surface area contributed by atoms with Crippen LogP contribution in [0.15, 0.2) is 6.20 Å². The fourth-order valence-electron chi connectivity index (χ4n) is 1.22. The van der Waals surface area contributed by atoms with Crippen molar-refractivity contribution in [3.63, 3.8) is 0 Å². The van der Waals surface area contributed by atoms with Crippen LogP contribution in [0.3, 0.4) is 0 Å². The van der Waals surface area contributed by atoms with E-state index in [4.69, 9.17) is 11.0 Å². The van der Waals surface area contributed by atoms with E-state index in [0.29, 0.717) is 9.13 Å². The van der Waals surface area contributed by atoms with E-state index in [1.807, 2.05) is 22.6 Å². The minimum atomic E-state index is -4.84. The van der Waals surface area contributed by atoms with Crippen LogP contribution in [0.25, 0.3) is 0 Å². The summed E-state index contributed by atoms with van der Waals surface area (Å²) in [7, 11) is 0. The molecule has 0 aliphatic carbocycles. The molecule has 8 heteroatoms. The van der Waals surface area contributed by atoms with Gasteiger partial charge in [-0.05, 0) is 28.2 Å². The first-order chi connectivity index (χ1) is 7.89. The summed E-state index contributed by atoms with van der Waals surface area (Å²) in [6, 6.07) is 1.77. The predicted molar refractivity (Wildman–Crippen MR) is 60.8 cm³/mol. The Morgan fingerprint density at radius 1 is 1.47 bits per heavy atom. The lowest BCUT2D eigenvalue weighted by Gasteiger charge is -2.14. The van der Waals surface area contributed by atoms with Crippen LogP contribution in [0.5, 0.6) is 5.88 Å². The maximum atomic E-state index is 12.1. The smallest absolute Gasteiger partial charge is 0.388 e. The fourth-order valence-corrected chi connectivity index (χ4v) is 1.91. The van der Waals surface area contributed by atoms with Crippen molar-refractivity contribution < 1.29 is 17.9 Å². The molecule has 92 valence electrons. The number of hydrogen-bond donors (Lipinski definition) is 1. The first-order valence-electron chi connectivity index (χ1n) is 4.38. The van der Waals surface area contributed by atoms with Gasteiger partial charge in [0.2, 0.25) is 5.88 Å². The van der Waals surface area contributed by atoms with E-state index in [-0.39, 0.29) is 18.5 Å². The van der Waals surface area contributed by atoms with Gasteiger partial charge in [0.15, 0.2) is 0 Å². The normalized spacial score (nSPS) is 11.1. The third-order valence-electron chi connectivity index (χ3n) is 1.88. The number of aromatic nitrogens is 1. The van der Waals surface area contributed by atoms with E-state index in [1.54, 1.807) is 6.07 Å². The van der Waals surface area contributed by atoms with Gasteiger partial charge in [-0.2, -0.15) is 5.26 Å². The number of nitriles is 1. The van der Waals surface area contributed by atoms with Crippen LogP contribution in [0.1, 0.15) is 11.1 Å². The standard InChI is InChI=1S/C9H7F3IN3O/c10-9(11,12)17-8-5(1-2-14)6(3-15)7(13)4-16-8/h4H,1,3,15H2. The number of nitrogens with zero attached hydrogens (tertiary/aromatic N) is 2. The van der Waals surface area contributed by atoms with Gasteiger partial charge in [-0.25, -0.2) is 4.98 Å². The molecular formula is C9H7F3IN3O. The molecule has 0 amide bonds. The summed E-state index contributed by atoms with van der Waals surface area (Å²) >= 11 is 1.89. The van der Waals surface area contributed by atoms with E-state index in [1.165, 1.54) is 6.20 Å². The van der Waals surface area contributed by atoms with Crippen molar-refractivity contribution in [3.8, 4) is 11.9 Å². The van der Waals surface area contributed by atoms with Crippen LogP contribution < -0.4 is 10.5 Å². The Hall–Kier alpha value is -1.08. The second-order valence-corrected chi connectivity index (χ2v) is 4.12. The average Bonchev–Trinajstić information content (AvgIpc) is 2.21. The van der Waals surface area contributed by atoms with Crippen LogP contribution in [0.4, 0.5) is 13.2 Å². The maximum absolute atomic E-state index is 12.1. The minimum Gasteiger partial charge on any atom is -0.388 e. The number of pyridine rings is 1. The molecule has 17 heavy (non-hydrogen) atoms. The molecule has 1 aromatic rings. The molecule has 0 saturated carbocycles. The molecule has 0 aromatic carbocycles. The maximum Gasteiger partial charge on any atom is 0.574 e. The zero-order chi connectivity index (χ0) is 13.1. The molecule has 2 N–H and O–H groups in total. The summed E-state index contributed by atoms with van der Waals surface area (Å²) < 4.78 is 40.7. The lowest BCUT2D eigenvalue weighted by Crippen LogP contribution is -2.20. The number of alkyl halides is 3. The highest BCUT2D eigenvalue weighted by molar-refractivity contribution is 14.1. The Bertz CT molecular complexity index is 456. The average molecular weight is 357 g/mol. The fraction of sp³-hybridized carbons (Fsp3) is 0.333. The van der Waals surface area contributed by atoms with Crippen molar-refractivity contribution in [2.75, 3.05) is 0 Å². The molecule has 0 radical (unpaired) electrons. The Morgan fingerprint density at radius 2 is 2.12 bits per heavy atom. The van der Waals surface area contributed by atoms with Crippen molar-refractivity contribution in [2.45, 2.75) is 19.3 Å². The van der Waals surface area contributed by atoms with Crippen molar-refractivity contribution in [1.82, 2.24) is 4.98 Å². The van der Waals surface area contributed by atoms with E-state index < -0.39 is 12.2 Å². The summed E-state index contributed by atoms with van der Waals surface area (Å²) in [4.78, 5) is 3.53. The molecule has 4 nitrogen and oxygen atoms in total. The van der Waals surface area contributed by atoms with E-state index in [9.17, 15) is 13.2 Å². The van der Waals surface area contributed by atoms with Crippen LogP contribution in [0, 0.1) is 14.9 Å². The van der Waals surface area contributed by atoms with E-state index in [2.05, 4.69) is 9.72 Å². The number of nitrogens with two attached hydrogens (primary N) is 1. The highest BCUT2D eigenvalue weighted by Gasteiger charge is 2.33. The molecule has 0 saturated heterocycles. The van der Waals surface area contributed by atoms with Crippen molar-refractivity contribution in [3.05, 3.63) is 20.9 Å². The van der Waals surface area contributed by atoms with E-state index >= 15 is 0 Å². The van der Waals surface area contributed by atoms with Gasteiger partial charge in [-0.15, -0.1) is 13.2 Å². The zero-order valence-corrected chi connectivity index (χ0v) is 10.5. The van der Waals surface area contributed by atoms with Crippen LogP contribution in [-0.2, 0) is 13.0 Å². The third kappa shape index (κ3) is 3.71. The molecule has 1 rings (SSSR count). The highest BCUT2D eigenvalue weighted by atomic mass is 127. The van der Waals surface area contributed by atoms with Gasteiger partial charge in [0.1, 0.15) is 0 Å². The SMILES string of the molecule is N#CCc1c(OC(F)(F)F)ncc(I)c1CN. The third-order valence-corrected chi connectivity index (χ3v) is 2.81. The Balaban J connectivity index is 3.26. The van der Waals surface area contributed by atoms with Crippen LogP contribution in [0.2, 0.25) is 0 Å². The van der Waals surface area contributed by atoms with Crippen molar-refractivity contribution in [2.24, 2.45) is 5.73 Å². The number of rotatable bonds is 3. The number of ether oxygens (including phenoxy) is 1. The minimum absolute atomic E-state index is 0.0199. The molecule has 0 atom stereocenters. The monoisotopic (exact) mass is 357 g/mol. The molecule has 1 heterocycles. The molecule has 0 fully saturated rings. The van der Waals surface area contributed by atoms with Gasteiger partial charge in [0, 0.05) is 21.9 Å². The van der Waals surface area contributed by atoms with Gasteiger partial charge in [0.05, 0.1) is 12.5 Å². The van der Waals surface area contributed by atoms with Crippen molar-refractivity contribution >= 4 is 22.6 Å².